The lowest BCUT2D eigenvalue weighted by Gasteiger charge is -2.16. The predicted molar refractivity (Wildman–Crippen MR) is 98.6 cm³/mol. The van der Waals surface area contributed by atoms with Gasteiger partial charge in [-0.1, -0.05) is 0 Å². The molecule has 0 aliphatic carbocycles. The summed E-state index contributed by atoms with van der Waals surface area (Å²) >= 11 is 0. The van der Waals surface area contributed by atoms with Crippen LogP contribution in [0.5, 0.6) is 5.75 Å². The molecule has 26 heavy (non-hydrogen) atoms. The van der Waals surface area contributed by atoms with Crippen molar-refractivity contribution in [2.45, 2.75) is 43.5 Å². The van der Waals surface area contributed by atoms with E-state index in [0.29, 0.717) is 25.3 Å². The number of methoxy groups -OCH3 is 1. The zero-order valence-corrected chi connectivity index (χ0v) is 16.3. The fourth-order valence-corrected chi connectivity index (χ4v) is 4.27. The molecule has 0 aromatic heterocycles. The van der Waals surface area contributed by atoms with Crippen molar-refractivity contribution in [3.63, 3.8) is 0 Å². The Bertz CT molecular complexity index is 675. The van der Waals surface area contributed by atoms with Crippen LogP contribution < -0.4 is 9.46 Å². The lowest BCUT2D eigenvalue weighted by Crippen LogP contribution is -2.37. The first-order valence-electron chi connectivity index (χ1n) is 8.99. The summed E-state index contributed by atoms with van der Waals surface area (Å²) < 4.78 is 37.7. The molecular weight excluding hydrogens is 356 g/mol. The number of sulfonamides is 1. The third-order valence-electron chi connectivity index (χ3n) is 4.37. The third-order valence-corrected chi connectivity index (χ3v) is 5.91. The molecule has 0 spiro atoms. The molecule has 1 atom stereocenters. The minimum Gasteiger partial charge on any atom is -0.497 e. The zero-order valence-electron chi connectivity index (χ0n) is 15.4. The molecule has 8 heteroatoms. The van der Waals surface area contributed by atoms with Crippen LogP contribution in [0.2, 0.25) is 0 Å². The molecule has 1 fully saturated rings. The SMILES string of the molecule is CCOC(=O)CCCCN1CCC(NS(=O)(=O)c2ccc(OC)cc2)C1. The Balaban J connectivity index is 1.75. The van der Waals surface area contributed by atoms with Crippen molar-refractivity contribution in [3.8, 4) is 5.75 Å². The number of ether oxygens (including phenoxy) is 2. The van der Waals surface area contributed by atoms with Crippen LogP contribution >= 0.6 is 0 Å². The van der Waals surface area contributed by atoms with E-state index in [0.717, 1.165) is 32.4 Å². The van der Waals surface area contributed by atoms with Gasteiger partial charge in [0.2, 0.25) is 10.0 Å². The molecule has 0 bridgehead atoms. The summed E-state index contributed by atoms with van der Waals surface area (Å²) in [5.41, 5.74) is 0. The number of rotatable bonds is 10. The van der Waals surface area contributed by atoms with Crippen LogP contribution in [-0.4, -0.2) is 58.7 Å². The largest absolute Gasteiger partial charge is 0.497 e. The topological polar surface area (TPSA) is 84.9 Å². The molecule has 2 rings (SSSR count). The molecule has 1 N–H and O–H groups in total. The standard InChI is InChI=1S/C18H28N2O5S/c1-3-25-18(21)6-4-5-12-20-13-11-15(14-20)19-26(22,23)17-9-7-16(24-2)8-10-17/h7-10,15,19H,3-6,11-14H2,1-2H3. The highest BCUT2D eigenvalue weighted by atomic mass is 32.2. The highest BCUT2D eigenvalue weighted by Crippen LogP contribution is 2.18. The van der Waals surface area contributed by atoms with Crippen molar-refractivity contribution in [3.05, 3.63) is 24.3 Å². The quantitative estimate of drug-likeness (QED) is 0.489. The van der Waals surface area contributed by atoms with Crippen LogP contribution in [0.3, 0.4) is 0 Å². The first-order chi connectivity index (χ1) is 12.4. The molecule has 0 amide bonds. The first-order valence-corrected chi connectivity index (χ1v) is 10.5. The van der Waals surface area contributed by atoms with E-state index in [4.69, 9.17) is 9.47 Å². The van der Waals surface area contributed by atoms with Crippen molar-refractivity contribution in [1.82, 2.24) is 9.62 Å². The van der Waals surface area contributed by atoms with Gasteiger partial charge in [-0.3, -0.25) is 4.79 Å². The second-order valence-corrected chi connectivity index (χ2v) is 8.06. The molecule has 1 aromatic carbocycles. The van der Waals surface area contributed by atoms with Gasteiger partial charge in [-0.15, -0.1) is 0 Å². The number of nitrogens with zero attached hydrogens (tertiary/aromatic N) is 1. The Morgan fingerprint density at radius 2 is 2.00 bits per heavy atom. The molecule has 7 nitrogen and oxygen atoms in total. The number of likely N-dealkylation sites (tertiary alicyclic amines) is 1. The summed E-state index contributed by atoms with van der Waals surface area (Å²) in [6.07, 6.45) is 2.91. The normalized spacial score (nSPS) is 18.0. The smallest absolute Gasteiger partial charge is 0.305 e. The Morgan fingerprint density at radius 1 is 1.27 bits per heavy atom. The van der Waals surface area contributed by atoms with Gasteiger partial charge in [0.05, 0.1) is 18.6 Å². The maximum Gasteiger partial charge on any atom is 0.305 e. The molecule has 1 saturated heterocycles. The number of nitrogens with one attached hydrogen (secondary N) is 1. The minimum absolute atomic E-state index is 0.0906. The fourth-order valence-electron chi connectivity index (χ4n) is 3.01. The van der Waals surface area contributed by atoms with Gasteiger partial charge >= 0.3 is 5.97 Å². The van der Waals surface area contributed by atoms with Crippen molar-refractivity contribution in [2.75, 3.05) is 33.4 Å². The predicted octanol–water partition coefficient (Wildman–Crippen LogP) is 1.78. The number of carbonyl (C=O) groups excluding carboxylic acids is 1. The summed E-state index contributed by atoms with van der Waals surface area (Å²) in [6.45, 7) is 4.63. The van der Waals surface area contributed by atoms with Gasteiger partial charge < -0.3 is 14.4 Å². The van der Waals surface area contributed by atoms with Gasteiger partial charge in [0, 0.05) is 19.0 Å². The number of hydrogen-bond acceptors (Lipinski definition) is 6. The van der Waals surface area contributed by atoms with Crippen molar-refractivity contribution >= 4 is 16.0 Å². The number of esters is 1. The van der Waals surface area contributed by atoms with E-state index in [1.54, 1.807) is 38.3 Å². The average Bonchev–Trinajstić information content (AvgIpc) is 3.05. The molecule has 0 radical (unpaired) electrons. The summed E-state index contributed by atoms with van der Waals surface area (Å²) in [4.78, 5) is 13.8. The Hall–Kier alpha value is -1.64. The fraction of sp³-hybridized carbons (Fsp3) is 0.611. The van der Waals surface area contributed by atoms with Gasteiger partial charge in [0.1, 0.15) is 5.75 Å². The van der Waals surface area contributed by atoms with E-state index in [2.05, 4.69) is 9.62 Å². The minimum atomic E-state index is -3.53. The second kappa shape index (κ2) is 9.89. The summed E-state index contributed by atoms with van der Waals surface area (Å²) in [7, 11) is -1.98. The molecular formula is C18H28N2O5S. The van der Waals surface area contributed by atoms with Crippen molar-refractivity contribution < 1.29 is 22.7 Å². The van der Waals surface area contributed by atoms with Crippen LogP contribution in [0.25, 0.3) is 0 Å². The Labute approximate surface area is 155 Å². The Morgan fingerprint density at radius 3 is 2.65 bits per heavy atom. The van der Waals surface area contributed by atoms with Gasteiger partial charge in [0.15, 0.2) is 0 Å². The van der Waals surface area contributed by atoms with Crippen LogP contribution in [0.1, 0.15) is 32.6 Å². The maximum absolute atomic E-state index is 12.5. The molecule has 1 heterocycles. The average molecular weight is 384 g/mol. The van der Waals surface area contributed by atoms with Gasteiger partial charge in [-0.05, 0) is 63.5 Å². The number of carbonyl (C=O) groups is 1. The van der Waals surface area contributed by atoms with Gasteiger partial charge in [-0.25, -0.2) is 13.1 Å². The molecule has 1 unspecified atom stereocenters. The van der Waals surface area contributed by atoms with E-state index < -0.39 is 10.0 Å². The summed E-state index contributed by atoms with van der Waals surface area (Å²) in [5, 5.41) is 0. The van der Waals surface area contributed by atoms with Crippen LogP contribution in [-0.2, 0) is 19.6 Å². The number of benzene rings is 1. The number of unbranched alkanes of at least 4 members (excludes halogenated alkanes) is 1. The van der Waals surface area contributed by atoms with Crippen LogP contribution in [0.4, 0.5) is 0 Å². The summed E-state index contributed by atoms with van der Waals surface area (Å²) in [6, 6.07) is 6.28. The van der Waals surface area contributed by atoms with Gasteiger partial charge in [-0.2, -0.15) is 0 Å². The monoisotopic (exact) mass is 384 g/mol. The second-order valence-electron chi connectivity index (χ2n) is 6.35. The van der Waals surface area contributed by atoms with E-state index in [1.165, 1.54) is 0 Å². The van der Waals surface area contributed by atoms with E-state index in [1.807, 2.05) is 0 Å². The molecule has 1 aromatic rings. The van der Waals surface area contributed by atoms with Crippen LogP contribution in [0.15, 0.2) is 29.2 Å². The Kier molecular flexibility index (Phi) is 7.86. The third kappa shape index (κ3) is 6.26. The lowest BCUT2D eigenvalue weighted by atomic mass is 10.2. The maximum atomic E-state index is 12.5. The van der Waals surface area contributed by atoms with E-state index >= 15 is 0 Å². The van der Waals surface area contributed by atoms with Crippen molar-refractivity contribution in [2.24, 2.45) is 0 Å². The van der Waals surface area contributed by atoms with Gasteiger partial charge in [0.25, 0.3) is 0 Å². The highest BCUT2D eigenvalue weighted by molar-refractivity contribution is 7.89. The zero-order chi connectivity index (χ0) is 19.0. The number of hydrogen-bond donors (Lipinski definition) is 1. The lowest BCUT2D eigenvalue weighted by molar-refractivity contribution is -0.143. The van der Waals surface area contributed by atoms with E-state index in [9.17, 15) is 13.2 Å². The van der Waals surface area contributed by atoms with E-state index in [-0.39, 0.29) is 16.9 Å². The molecule has 1 aliphatic heterocycles. The molecule has 0 saturated carbocycles. The molecule has 146 valence electrons. The molecule has 1 aliphatic rings. The van der Waals surface area contributed by atoms with Crippen molar-refractivity contribution in [1.29, 1.82) is 0 Å². The first kappa shape index (κ1) is 20.7. The van der Waals surface area contributed by atoms with Crippen LogP contribution in [0, 0.1) is 0 Å². The summed E-state index contributed by atoms with van der Waals surface area (Å²) in [5.74, 6) is 0.470. The highest BCUT2D eigenvalue weighted by Gasteiger charge is 2.27.